The number of rotatable bonds is 3. The van der Waals surface area contributed by atoms with Crippen LogP contribution in [0.3, 0.4) is 0 Å². The van der Waals surface area contributed by atoms with Crippen LogP contribution in [-0.4, -0.2) is 30.7 Å². The second-order valence-corrected chi connectivity index (χ2v) is 7.62. The van der Waals surface area contributed by atoms with Gasteiger partial charge in [0.15, 0.2) is 9.84 Å². The van der Waals surface area contributed by atoms with Crippen LogP contribution in [0, 0.1) is 13.8 Å². The Morgan fingerprint density at radius 1 is 1.22 bits per heavy atom. The van der Waals surface area contributed by atoms with E-state index in [9.17, 15) is 13.2 Å². The van der Waals surface area contributed by atoms with Gasteiger partial charge in [-0.1, -0.05) is 18.2 Å². The van der Waals surface area contributed by atoms with Gasteiger partial charge in [0, 0.05) is 22.5 Å². The fourth-order valence-electron chi connectivity index (χ4n) is 2.88. The number of sulfone groups is 1. The topological polar surface area (TPSA) is 68.2 Å². The van der Waals surface area contributed by atoms with Crippen molar-refractivity contribution in [1.82, 2.24) is 9.88 Å². The highest BCUT2D eigenvalue weighted by Crippen LogP contribution is 2.21. The van der Waals surface area contributed by atoms with Crippen molar-refractivity contribution in [2.45, 2.75) is 19.9 Å². The van der Waals surface area contributed by atoms with Crippen molar-refractivity contribution in [3.05, 3.63) is 64.8 Å². The maximum atomic E-state index is 12.5. The molecule has 1 unspecified atom stereocenters. The molecule has 6 heteroatoms. The monoisotopic (exact) mass is 330 g/mol. The average Bonchev–Trinajstić information content (AvgIpc) is 2.99. The predicted molar refractivity (Wildman–Crippen MR) is 89.4 cm³/mol. The van der Waals surface area contributed by atoms with Gasteiger partial charge >= 0.3 is 0 Å². The number of nitrogens with one attached hydrogen (secondary N) is 1. The van der Waals surface area contributed by atoms with Gasteiger partial charge < -0.3 is 9.88 Å². The smallest absolute Gasteiger partial charge is 0.253 e. The molecule has 1 amide bonds. The minimum Gasteiger partial charge on any atom is -0.345 e. The number of carbonyl (C=O) groups is 1. The summed E-state index contributed by atoms with van der Waals surface area (Å²) in [6.45, 7) is 3.83. The summed E-state index contributed by atoms with van der Waals surface area (Å²) in [5.74, 6) is -0.331. The van der Waals surface area contributed by atoms with Gasteiger partial charge in [0.2, 0.25) is 0 Å². The van der Waals surface area contributed by atoms with Gasteiger partial charge in [-0.15, -0.1) is 0 Å². The molecule has 0 aliphatic carbocycles. The van der Waals surface area contributed by atoms with Crippen molar-refractivity contribution in [3.63, 3.8) is 0 Å². The second-order valence-electron chi connectivity index (χ2n) is 5.69. The first-order valence-electron chi connectivity index (χ1n) is 7.33. The highest BCUT2D eigenvalue weighted by Gasteiger charge is 2.25. The predicted octanol–water partition coefficient (Wildman–Crippen LogP) is 2.13. The van der Waals surface area contributed by atoms with Crippen molar-refractivity contribution in [2.75, 3.05) is 5.75 Å². The van der Waals surface area contributed by atoms with Crippen molar-refractivity contribution in [2.24, 2.45) is 0 Å². The fraction of sp³-hybridized carbons (Fsp3) is 0.235. The molecule has 0 fully saturated rings. The van der Waals surface area contributed by atoms with Crippen LogP contribution in [0.5, 0.6) is 0 Å². The summed E-state index contributed by atoms with van der Waals surface area (Å²) < 4.78 is 24.9. The molecular weight excluding hydrogens is 312 g/mol. The molecule has 1 atom stereocenters. The third kappa shape index (κ3) is 3.07. The first-order valence-corrected chi connectivity index (χ1v) is 9.05. The Labute approximate surface area is 135 Å². The molecule has 0 bridgehead atoms. The largest absolute Gasteiger partial charge is 0.345 e. The summed E-state index contributed by atoms with van der Waals surface area (Å²) in [5.41, 5.74) is 3.33. The van der Waals surface area contributed by atoms with Crippen molar-refractivity contribution in [3.8, 4) is 5.69 Å². The lowest BCUT2D eigenvalue weighted by Gasteiger charge is -2.11. The van der Waals surface area contributed by atoms with Crippen LogP contribution in [-0.2, 0) is 9.84 Å². The Balaban J connectivity index is 1.87. The van der Waals surface area contributed by atoms with Gasteiger partial charge in [-0.05, 0) is 38.1 Å². The highest BCUT2D eigenvalue weighted by atomic mass is 32.2. The van der Waals surface area contributed by atoms with Gasteiger partial charge in [0.05, 0.1) is 17.4 Å². The van der Waals surface area contributed by atoms with Crippen LogP contribution in [0.1, 0.15) is 21.7 Å². The first-order chi connectivity index (χ1) is 10.9. The number of carbonyl (C=O) groups excluding carboxylic acids is 1. The zero-order valence-corrected chi connectivity index (χ0v) is 13.8. The summed E-state index contributed by atoms with van der Waals surface area (Å²) >= 11 is 0. The fourth-order valence-corrected chi connectivity index (χ4v) is 4.11. The highest BCUT2D eigenvalue weighted by molar-refractivity contribution is 7.94. The van der Waals surface area contributed by atoms with Crippen LogP contribution < -0.4 is 5.32 Å². The maximum Gasteiger partial charge on any atom is 0.253 e. The van der Waals surface area contributed by atoms with E-state index in [-0.39, 0.29) is 11.7 Å². The number of aromatic nitrogens is 1. The van der Waals surface area contributed by atoms with E-state index in [0.717, 1.165) is 22.5 Å². The van der Waals surface area contributed by atoms with Crippen LogP contribution in [0.25, 0.3) is 5.69 Å². The number of amides is 1. The average molecular weight is 330 g/mol. The standard InChI is InChI=1S/C17H18N2O3S/c1-12-10-16(13(2)19(12)15-6-4-3-5-7-15)17(20)18-14-8-9-23(21,22)11-14/h3-10,14H,11H2,1-2H3,(H,18,20). The van der Waals surface area contributed by atoms with E-state index in [4.69, 9.17) is 0 Å². The van der Waals surface area contributed by atoms with E-state index in [1.54, 1.807) is 0 Å². The number of nitrogens with zero attached hydrogens (tertiary/aromatic N) is 1. The van der Waals surface area contributed by atoms with E-state index in [0.29, 0.717) is 5.56 Å². The Morgan fingerprint density at radius 2 is 1.91 bits per heavy atom. The summed E-state index contributed by atoms with van der Waals surface area (Å²) in [4.78, 5) is 12.5. The van der Waals surface area contributed by atoms with E-state index >= 15 is 0 Å². The van der Waals surface area contributed by atoms with Gasteiger partial charge in [-0.25, -0.2) is 8.42 Å². The Hall–Kier alpha value is -2.34. The van der Waals surface area contributed by atoms with E-state index in [1.807, 2.05) is 54.8 Å². The third-order valence-electron chi connectivity index (χ3n) is 3.94. The lowest BCUT2D eigenvalue weighted by molar-refractivity contribution is 0.0947. The van der Waals surface area contributed by atoms with Crippen molar-refractivity contribution >= 4 is 15.7 Å². The van der Waals surface area contributed by atoms with E-state index < -0.39 is 15.9 Å². The molecule has 1 aromatic carbocycles. The van der Waals surface area contributed by atoms with E-state index in [2.05, 4.69) is 5.32 Å². The minimum atomic E-state index is -3.18. The van der Waals surface area contributed by atoms with Crippen LogP contribution in [0.15, 0.2) is 47.9 Å². The molecule has 23 heavy (non-hydrogen) atoms. The second kappa shape index (κ2) is 5.70. The van der Waals surface area contributed by atoms with Crippen LogP contribution in [0.2, 0.25) is 0 Å². The zero-order chi connectivity index (χ0) is 16.6. The number of hydrogen-bond donors (Lipinski definition) is 1. The van der Waals surface area contributed by atoms with Gasteiger partial charge in [-0.3, -0.25) is 4.79 Å². The van der Waals surface area contributed by atoms with Gasteiger partial charge in [0.1, 0.15) is 0 Å². The normalized spacial score (nSPS) is 19.0. The number of hydrogen-bond acceptors (Lipinski definition) is 3. The molecule has 2 heterocycles. The Kier molecular flexibility index (Phi) is 3.85. The zero-order valence-electron chi connectivity index (χ0n) is 13.0. The maximum absolute atomic E-state index is 12.5. The van der Waals surface area contributed by atoms with Crippen molar-refractivity contribution in [1.29, 1.82) is 0 Å². The quantitative estimate of drug-likeness (QED) is 0.937. The Bertz CT molecular complexity index is 880. The number of aryl methyl sites for hydroxylation is 1. The molecule has 3 rings (SSSR count). The number of para-hydroxylation sites is 1. The molecule has 5 nitrogen and oxygen atoms in total. The molecule has 120 valence electrons. The summed E-state index contributed by atoms with van der Waals surface area (Å²) in [6, 6.07) is 11.2. The lowest BCUT2D eigenvalue weighted by Crippen LogP contribution is -2.35. The summed E-state index contributed by atoms with van der Waals surface area (Å²) in [6.07, 6.45) is 1.52. The molecule has 0 saturated carbocycles. The molecule has 1 aromatic heterocycles. The van der Waals surface area contributed by atoms with Crippen LogP contribution >= 0.6 is 0 Å². The molecule has 1 aliphatic rings. The van der Waals surface area contributed by atoms with Crippen LogP contribution in [0.4, 0.5) is 0 Å². The molecule has 0 radical (unpaired) electrons. The summed E-state index contributed by atoms with van der Waals surface area (Å²) in [7, 11) is -3.18. The first kappa shape index (κ1) is 15.6. The molecule has 0 spiro atoms. The lowest BCUT2D eigenvalue weighted by atomic mass is 10.2. The summed E-state index contributed by atoms with van der Waals surface area (Å²) in [5, 5.41) is 3.92. The minimum absolute atomic E-state index is 0.0733. The van der Waals surface area contributed by atoms with Crippen molar-refractivity contribution < 1.29 is 13.2 Å². The van der Waals surface area contributed by atoms with E-state index in [1.165, 1.54) is 6.08 Å². The van der Waals surface area contributed by atoms with Gasteiger partial charge in [0.25, 0.3) is 5.91 Å². The molecule has 1 aliphatic heterocycles. The SMILES string of the molecule is Cc1cc(C(=O)NC2C=CS(=O)(=O)C2)c(C)n1-c1ccccc1. The molecule has 0 saturated heterocycles. The molecule has 2 aromatic rings. The molecular formula is C17H18N2O3S. The third-order valence-corrected chi connectivity index (χ3v) is 5.33. The number of benzene rings is 1. The van der Waals surface area contributed by atoms with Gasteiger partial charge in [-0.2, -0.15) is 0 Å². The molecule has 1 N–H and O–H groups in total. The Morgan fingerprint density at radius 3 is 2.52 bits per heavy atom.